The Kier molecular flexibility index (Phi) is 13.0. The van der Waals surface area contributed by atoms with Crippen LogP contribution >= 0.6 is 0 Å². The monoisotopic (exact) mass is 1060 g/mol. The highest BCUT2D eigenvalue weighted by molar-refractivity contribution is 6.33. The van der Waals surface area contributed by atoms with Crippen LogP contribution in [0.3, 0.4) is 0 Å². The minimum atomic E-state index is -0.0400. The molecule has 82 heavy (non-hydrogen) atoms. The van der Waals surface area contributed by atoms with Gasteiger partial charge in [-0.05, 0) is 209 Å². The van der Waals surface area contributed by atoms with Gasteiger partial charge in [-0.15, -0.1) is 0 Å². The molecule has 0 radical (unpaired) electrons. The second-order valence-corrected chi connectivity index (χ2v) is 24.7. The zero-order valence-electron chi connectivity index (χ0n) is 49.0. The number of fused-ring (bicyclic) bond motifs is 6. The summed E-state index contributed by atoms with van der Waals surface area (Å²) in [5, 5.41) is 4.87. The van der Waals surface area contributed by atoms with Gasteiger partial charge in [0.15, 0.2) is 0 Å². The van der Waals surface area contributed by atoms with Crippen LogP contribution in [0.2, 0.25) is 0 Å². The maximum absolute atomic E-state index is 2.51. The highest BCUT2D eigenvalue weighted by Crippen LogP contribution is 2.66. The van der Waals surface area contributed by atoms with Crippen LogP contribution in [0.5, 0.6) is 0 Å². The number of anilines is 6. The first-order valence-corrected chi connectivity index (χ1v) is 29.1. The van der Waals surface area contributed by atoms with Gasteiger partial charge in [0, 0.05) is 22.7 Å². The lowest BCUT2D eigenvalue weighted by Crippen LogP contribution is -2.16. The van der Waals surface area contributed by atoms with Gasteiger partial charge in [0.05, 0.1) is 11.4 Å². The van der Waals surface area contributed by atoms with Gasteiger partial charge in [-0.1, -0.05) is 236 Å². The normalized spacial score (nSPS) is 12.0. The average Bonchev–Trinajstić information content (AvgIpc) is 0.725. The van der Waals surface area contributed by atoms with Gasteiger partial charge in [0.2, 0.25) is 0 Å². The predicted molar refractivity (Wildman–Crippen MR) is 353 cm³/mol. The molecule has 0 aliphatic heterocycles. The molecule has 2 heteroatoms. The predicted octanol–water partition coefficient (Wildman–Crippen LogP) is 23.1. The van der Waals surface area contributed by atoms with Gasteiger partial charge in [0.1, 0.15) is 0 Å². The number of rotatable bonds is 10. The molecule has 0 unspecified atom stereocenters. The summed E-state index contributed by atoms with van der Waals surface area (Å²) in [6.45, 7) is 22.9. The van der Waals surface area contributed by atoms with E-state index in [4.69, 9.17) is 0 Å². The van der Waals surface area contributed by atoms with Crippen molar-refractivity contribution < 1.29 is 0 Å². The molecule has 0 atom stereocenters. The first-order valence-electron chi connectivity index (χ1n) is 29.1. The summed E-state index contributed by atoms with van der Waals surface area (Å²) in [4.78, 5) is 5.03. The van der Waals surface area contributed by atoms with E-state index in [0.717, 1.165) is 22.7 Å². The maximum atomic E-state index is 2.51. The SMILES string of the molecule is Cc1cccc(C)c1N(c1cccc(C(C)(C)C)c1)c1ccc2c(-c3ccccc3)c3c(c(-c4ccccc4)c2c1)-c1c-3c(-c2ccccc2)c2ccc(N(c3cccc(C(C)(C)C)c3)c3c(C)cccc3C)cc2c1-c1ccccc1. The highest BCUT2D eigenvalue weighted by atomic mass is 15.2. The number of benzene rings is 12. The lowest BCUT2D eigenvalue weighted by atomic mass is 9.65. The molecular weight excluding hydrogens is 989 g/mol. The molecule has 0 fully saturated rings. The van der Waals surface area contributed by atoms with Crippen LogP contribution in [0.1, 0.15) is 74.9 Å². The smallest absolute Gasteiger partial charge is 0.0519 e. The Balaban J connectivity index is 1.19. The molecule has 1 aliphatic rings. The number of hydrogen-bond acceptors (Lipinski definition) is 2. The summed E-state index contributed by atoms with van der Waals surface area (Å²) >= 11 is 0. The van der Waals surface area contributed by atoms with Crippen molar-refractivity contribution in [2.45, 2.75) is 80.1 Å². The van der Waals surface area contributed by atoms with E-state index in [1.165, 1.54) is 133 Å². The van der Waals surface area contributed by atoms with Crippen molar-refractivity contribution in [2.24, 2.45) is 0 Å². The van der Waals surface area contributed by atoms with Gasteiger partial charge in [-0.3, -0.25) is 0 Å². The summed E-state index contributed by atoms with van der Waals surface area (Å²) in [7, 11) is 0. The Labute approximate surface area is 485 Å². The number of nitrogens with zero attached hydrogens (tertiary/aromatic N) is 2. The van der Waals surface area contributed by atoms with Gasteiger partial charge in [-0.25, -0.2) is 0 Å². The third kappa shape index (κ3) is 8.89. The summed E-state index contributed by atoms with van der Waals surface area (Å²) in [6.07, 6.45) is 0. The summed E-state index contributed by atoms with van der Waals surface area (Å²) in [6, 6.07) is 91.1. The van der Waals surface area contributed by atoms with Gasteiger partial charge in [-0.2, -0.15) is 0 Å². The molecular formula is C80H70N2. The Bertz CT molecular complexity index is 4100. The topological polar surface area (TPSA) is 6.48 Å². The first-order chi connectivity index (χ1) is 39.7. The lowest BCUT2D eigenvalue weighted by molar-refractivity contribution is 0.590. The highest BCUT2D eigenvalue weighted by Gasteiger charge is 2.39. The fourth-order valence-electron chi connectivity index (χ4n) is 13.1. The third-order valence-corrected chi connectivity index (χ3v) is 17.1. The van der Waals surface area contributed by atoms with Crippen LogP contribution in [0.15, 0.2) is 243 Å². The molecule has 0 amide bonds. The molecule has 0 heterocycles. The van der Waals surface area contributed by atoms with Gasteiger partial charge >= 0.3 is 0 Å². The van der Waals surface area contributed by atoms with Crippen LogP contribution in [0, 0.1) is 27.7 Å². The molecule has 12 aromatic carbocycles. The van der Waals surface area contributed by atoms with Crippen molar-refractivity contribution in [2.75, 3.05) is 9.80 Å². The fourth-order valence-corrected chi connectivity index (χ4v) is 13.1. The van der Waals surface area contributed by atoms with Gasteiger partial charge in [0.25, 0.3) is 0 Å². The third-order valence-electron chi connectivity index (χ3n) is 17.1. The second-order valence-electron chi connectivity index (χ2n) is 24.7. The van der Waals surface area contributed by atoms with Crippen molar-refractivity contribution in [1.29, 1.82) is 0 Å². The molecule has 0 saturated heterocycles. The van der Waals surface area contributed by atoms with E-state index in [-0.39, 0.29) is 10.8 Å². The molecule has 0 saturated carbocycles. The fraction of sp³-hybridized carbons (Fsp3) is 0.150. The van der Waals surface area contributed by atoms with E-state index in [2.05, 4.69) is 322 Å². The minimum absolute atomic E-state index is 0.0400. The first kappa shape index (κ1) is 52.2. The lowest BCUT2D eigenvalue weighted by Gasteiger charge is -2.38. The Morgan fingerprint density at radius 2 is 0.500 bits per heavy atom. The molecule has 0 N–H and O–H groups in total. The zero-order chi connectivity index (χ0) is 56.6. The van der Waals surface area contributed by atoms with Crippen molar-refractivity contribution in [3.05, 3.63) is 276 Å². The Morgan fingerprint density at radius 3 is 0.793 bits per heavy atom. The van der Waals surface area contributed by atoms with Crippen molar-refractivity contribution >= 4 is 55.7 Å². The minimum Gasteiger partial charge on any atom is -0.310 e. The largest absolute Gasteiger partial charge is 0.310 e. The summed E-state index contributed by atoms with van der Waals surface area (Å²) in [5.41, 5.74) is 29.3. The van der Waals surface area contributed by atoms with Crippen LogP contribution in [0.25, 0.3) is 88.3 Å². The van der Waals surface area contributed by atoms with E-state index >= 15 is 0 Å². The van der Waals surface area contributed by atoms with Gasteiger partial charge < -0.3 is 9.80 Å². The molecule has 0 bridgehead atoms. The van der Waals surface area contributed by atoms with E-state index in [9.17, 15) is 0 Å². The van der Waals surface area contributed by atoms with E-state index in [1.54, 1.807) is 0 Å². The van der Waals surface area contributed by atoms with E-state index < -0.39 is 0 Å². The average molecular weight is 1060 g/mol. The molecule has 1 aliphatic carbocycles. The number of hydrogen-bond donors (Lipinski definition) is 0. The van der Waals surface area contributed by atoms with Crippen LogP contribution < -0.4 is 9.80 Å². The van der Waals surface area contributed by atoms with E-state index in [1.807, 2.05) is 0 Å². The van der Waals surface area contributed by atoms with E-state index in [0.29, 0.717) is 0 Å². The van der Waals surface area contributed by atoms with Crippen molar-refractivity contribution in [3.63, 3.8) is 0 Å². The molecule has 400 valence electrons. The van der Waals surface area contributed by atoms with Crippen LogP contribution in [-0.4, -0.2) is 0 Å². The second kappa shape index (κ2) is 20.4. The summed E-state index contributed by atoms with van der Waals surface area (Å²) in [5.74, 6) is 0. The Hall–Kier alpha value is -9.24. The molecule has 2 nitrogen and oxygen atoms in total. The molecule has 0 aromatic heterocycles. The number of aryl methyl sites for hydroxylation is 4. The zero-order valence-corrected chi connectivity index (χ0v) is 49.0. The quantitative estimate of drug-likeness (QED) is 0.135. The van der Waals surface area contributed by atoms with Crippen molar-refractivity contribution in [1.82, 2.24) is 0 Å². The summed E-state index contributed by atoms with van der Waals surface area (Å²) < 4.78 is 0. The number of para-hydroxylation sites is 2. The Morgan fingerprint density at radius 1 is 0.232 bits per heavy atom. The van der Waals surface area contributed by atoms with Crippen molar-refractivity contribution in [3.8, 4) is 66.8 Å². The van der Waals surface area contributed by atoms with Crippen LogP contribution in [-0.2, 0) is 10.8 Å². The van der Waals surface area contributed by atoms with Crippen LogP contribution in [0.4, 0.5) is 34.1 Å². The maximum Gasteiger partial charge on any atom is 0.0519 e. The molecule has 13 rings (SSSR count). The molecule has 0 spiro atoms. The molecule has 12 aromatic rings. The standard InChI is InChI=1S/C80H70N2/c1-51-27-23-28-52(2)77(51)81(61-41-25-39-59(47-61)79(5,6)7)63-43-45-65-67(49-63)71(57-35-19-13-20-36-57)75-73(69(65)55-31-15-11-16-32-55)74-70(56-33-17-12-18-34-56)66-46-44-64(50-68(66)72(76(74)75)58-37-21-14-22-38-58)82(78-53(3)29-24-30-54(78)4)62-42-26-40-60(48-62)80(8,9)10/h11-50H,1-10H3.